The van der Waals surface area contributed by atoms with Crippen molar-refractivity contribution in [3.8, 4) is 0 Å². The van der Waals surface area contributed by atoms with Gasteiger partial charge in [-0.25, -0.2) is 12.8 Å². The number of halogens is 2. The van der Waals surface area contributed by atoms with Crippen molar-refractivity contribution >= 4 is 38.7 Å². The van der Waals surface area contributed by atoms with Crippen LogP contribution in [0.4, 0.5) is 4.39 Å². The van der Waals surface area contributed by atoms with E-state index in [1.165, 1.54) is 36.7 Å². The first kappa shape index (κ1) is 37.4. The number of hydrogen-bond acceptors (Lipinski definition) is 6. The molecule has 12 rings (SSSR count). The number of allylic oxidation sites excluding steroid dienone is 4. The molecule has 10 aliphatic rings. The zero-order chi connectivity index (χ0) is 38.4. The molecule has 1 heterocycles. The van der Waals surface area contributed by atoms with Crippen LogP contribution >= 0.6 is 22.9 Å². The fourth-order valence-electron chi connectivity index (χ4n) is 15.5. The van der Waals surface area contributed by atoms with Gasteiger partial charge in [0, 0.05) is 51.9 Å². The second-order valence-electron chi connectivity index (χ2n) is 20.2. The molecular formula is C45H55ClFNO5S2. The molecule has 0 amide bonds. The summed E-state index contributed by atoms with van der Waals surface area (Å²) >= 11 is 7.76. The van der Waals surface area contributed by atoms with Gasteiger partial charge in [0.2, 0.25) is 0 Å². The van der Waals surface area contributed by atoms with Gasteiger partial charge in [-0.1, -0.05) is 55.8 Å². The molecule has 7 fully saturated rings. The van der Waals surface area contributed by atoms with Crippen molar-refractivity contribution in [1.82, 2.24) is 4.31 Å². The highest BCUT2D eigenvalue weighted by molar-refractivity contribution is 7.91. The highest BCUT2D eigenvalue weighted by atomic mass is 35.5. The van der Waals surface area contributed by atoms with Crippen LogP contribution in [-0.4, -0.2) is 53.5 Å². The maximum Gasteiger partial charge on any atom is 0.252 e. The van der Waals surface area contributed by atoms with Crippen molar-refractivity contribution in [3.05, 3.63) is 75.9 Å². The quantitative estimate of drug-likeness (QED) is 0.247. The molecule has 10 aliphatic carbocycles. The Morgan fingerprint density at radius 1 is 0.909 bits per heavy atom. The molecule has 2 aromatic rings. The number of thiophene rings is 1. The Kier molecular flexibility index (Phi) is 8.38. The van der Waals surface area contributed by atoms with Gasteiger partial charge in [-0.15, -0.1) is 11.3 Å². The maximum absolute atomic E-state index is 15.3. The largest absolute Gasteiger partial charge is 0.393 e. The number of benzene rings is 1. The van der Waals surface area contributed by atoms with Crippen molar-refractivity contribution in [1.29, 1.82) is 0 Å². The van der Waals surface area contributed by atoms with Crippen LogP contribution < -0.4 is 0 Å². The first-order valence-electron chi connectivity index (χ1n) is 20.9. The molecule has 0 aliphatic heterocycles. The van der Waals surface area contributed by atoms with Crippen LogP contribution in [0.5, 0.6) is 0 Å². The van der Waals surface area contributed by atoms with Crippen molar-refractivity contribution in [2.45, 2.75) is 120 Å². The Bertz CT molecular complexity index is 2050. The van der Waals surface area contributed by atoms with Gasteiger partial charge in [-0.05, 0) is 147 Å². The number of Topliss-reactive ketones (excluding diaryl/α,β-unsaturated/α-hetero) is 1. The average molecular weight is 809 g/mol. The molecule has 0 radical (unpaired) electrons. The topological polar surface area (TPSA) is 94.9 Å². The summed E-state index contributed by atoms with van der Waals surface area (Å²) in [5.74, 6) is 1.29. The van der Waals surface area contributed by atoms with Crippen LogP contribution in [0.3, 0.4) is 0 Å². The molecule has 10 heteroatoms. The van der Waals surface area contributed by atoms with Crippen LogP contribution in [0.25, 0.3) is 0 Å². The number of ketones is 1. The number of hydrogen-bond donors (Lipinski definition) is 2. The summed E-state index contributed by atoms with van der Waals surface area (Å²) in [5.41, 5.74) is -2.66. The normalized spacial score (nSPS) is 45.0. The summed E-state index contributed by atoms with van der Waals surface area (Å²) in [6.07, 6.45) is 17.7. The van der Waals surface area contributed by atoms with E-state index in [0.717, 1.165) is 32.1 Å². The Morgan fingerprint density at radius 3 is 2.25 bits per heavy atom. The van der Waals surface area contributed by atoms with Gasteiger partial charge in [-0.3, -0.25) is 4.79 Å². The predicted octanol–water partition coefficient (Wildman–Crippen LogP) is 9.15. The molecule has 55 heavy (non-hydrogen) atoms. The molecule has 6 bridgehead atoms. The number of sulfonamides is 1. The smallest absolute Gasteiger partial charge is 0.252 e. The fourth-order valence-corrected chi connectivity index (χ4v) is 18.5. The van der Waals surface area contributed by atoms with E-state index in [0.29, 0.717) is 66.2 Å². The second-order valence-corrected chi connectivity index (χ2v) is 23.8. The van der Waals surface area contributed by atoms with E-state index in [1.54, 1.807) is 28.6 Å². The van der Waals surface area contributed by atoms with Gasteiger partial charge in [0.05, 0.1) is 11.7 Å². The third kappa shape index (κ3) is 5.17. The van der Waals surface area contributed by atoms with Gasteiger partial charge in [0.15, 0.2) is 5.78 Å². The molecule has 8 unspecified atom stereocenters. The zero-order valence-corrected chi connectivity index (χ0v) is 34.5. The van der Waals surface area contributed by atoms with E-state index < -0.39 is 43.8 Å². The SMILES string of the molecule is CC12CCC(O)CC13C=CC1(C(C(=O)Cc4c(F)cccc4Cl)=C3)C2CCC2(C)C1CCC2(O)CN(CC12CC3CC(CC(C3)C1)C2)S(=O)(=O)c1cccs1. The van der Waals surface area contributed by atoms with Crippen molar-refractivity contribution in [2.24, 2.45) is 56.7 Å². The summed E-state index contributed by atoms with van der Waals surface area (Å²) in [7, 11) is -3.89. The van der Waals surface area contributed by atoms with Gasteiger partial charge in [0.1, 0.15) is 10.0 Å². The molecule has 1 aromatic carbocycles. The monoisotopic (exact) mass is 807 g/mol. The molecule has 2 N–H and O–H groups in total. The molecule has 8 atom stereocenters. The van der Waals surface area contributed by atoms with Crippen molar-refractivity contribution in [3.63, 3.8) is 0 Å². The highest BCUT2D eigenvalue weighted by Crippen LogP contribution is 2.78. The third-order valence-electron chi connectivity index (χ3n) is 17.6. The third-order valence-corrected chi connectivity index (χ3v) is 21.1. The first-order chi connectivity index (χ1) is 26.1. The second kappa shape index (κ2) is 12.3. The fraction of sp³-hybridized carbons (Fsp3) is 0.667. The van der Waals surface area contributed by atoms with E-state index in [9.17, 15) is 23.4 Å². The number of carbonyl (C=O) groups excluding carboxylic acids is 1. The lowest BCUT2D eigenvalue weighted by atomic mass is 9.32. The van der Waals surface area contributed by atoms with Crippen LogP contribution in [-0.2, 0) is 21.2 Å². The molecule has 7 saturated carbocycles. The summed E-state index contributed by atoms with van der Waals surface area (Å²) in [6.45, 7) is 5.00. The van der Waals surface area contributed by atoms with E-state index in [2.05, 4.69) is 32.1 Å². The van der Waals surface area contributed by atoms with Crippen molar-refractivity contribution < 1.29 is 27.8 Å². The summed E-state index contributed by atoms with van der Waals surface area (Å²) in [5, 5.41) is 26.5. The van der Waals surface area contributed by atoms with Crippen LogP contribution in [0.1, 0.15) is 103 Å². The van der Waals surface area contributed by atoms with Gasteiger partial charge >= 0.3 is 0 Å². The number of aliphatic hydroxyl groups excluding tert-OH is 1. The zero-order valence-electron chi connectivity index (χ0n) is 32.1. The number of aliphatic hydroxyl groups is 2. The van der Waals surface area contributed by atoms with Crippen LogP contribution in [0.2, 0.25) is 5.02 Å². The van der Waals surface area contributed by atoms with Crippen LogP contribution in [0, 0.1) is 62.5 Å². The van der Waals surface area contributed by atoms with E-state index in [1.807, 2.05) is 5.38 Å². The lowest BCUT2D eigenvalue weighted by molar-refractivity contribution is -0.178. The van der Waals surface area contributed by atoms with E-state index in [-0.39, 0.29) is 52.0 Å². The molecule has 6 nitrogen and oxygen atoms in total. The van der Waals surface area contributed by atoms with Crippen molar-refractivity contribution in [2.75, 3.05) is 13.1 Å². The Balaban J connectivity index is 1.05. The Labute approximate surface area is 334 Å². The highest BCUT2D eigenvalue weighted by Gasteiger charge is 2.74. The minimum absolute atomic E-state index is 0.0394. The average Bonchev–Trinajstić information content (AvgIpc) is 3.76. The minimum Gasteiger partial charge on any atom is -0.393 e. The number of carbonyl (C=O) groups is 1. The van der Waals surface area contributed by atoms with Gasteiger partial charge in [0.25, 0.3) is 10.0 Å². The number of rotatable bonds is 9. The van der Waals surface area contributed by atoms with Gasteiger partial charge in [-0.2, -0.15) is 4.31 Å². The first-order valence-corrected chi connectivity index (χ1v) is 23.6. The lowest BCUT2D eigenvalue weighted by Crippen LogP contribution is -2.67. The summed E-state index contributed by atoms with van der Waals surface area (Å²) in [6, 6.07) is 8.02. The standard InChI is InChI=1S/C45H55ClFNO5S2/c1-40-11-8-31(49)24-43(40)14-15-45(33(25-43)36(50)20-32-34(46)5-3-6-35(32)47)37(40)9-12-41(2)38(45)10-13-44(41,51)27-48(55(52,53)39-7-4-16-54-39)26-42-21-28-17-29(22-42)19-30(18-28)23-42/h3-7,14-16,25,28-31,37-38,49,51H,8-13,17-24,26-27H2,1-2H3. The summed E-state index contributed by atoms with van der Waals surface area (Å²) < 4.78 is 46.8. The Hall–Kier alpha value is -1.88. The molecule has 0 saturated heterocycles. The van der Waals surface area contributed by atoms with Gasteiger partial charge < -0.3 is 10.2 Å². The Morgan fingerprint density at radius 2 is 1.58 bits per heavy atom. The summed E-state index contributed by atoms with van der Waals surface area (Å²) in [4.78, 5) is 14.9. The molecular weight excluding hydrogens is 753 g/mol. The van der Waals surface area contributed by atoms with E-state index in [4.69, 9.17) is 11.6 Å². The van der Waals surface area contributed by atoms with Crippen LogP contribution in [0.15, 0.2) is 63.7 Å². The molecule has 1 aromatic heterocycles. The number of fused-ring (bicyclic) bond motifs is 1. The van der Waals surface area contributed by atoms with E-state index >= 15 is 4.39 Å². The lowest BCUT2D eigenvalue weighted by Gasteiger charge is -2.71. The molecule has 296 valence electrons. The maximum atomic E-state index is 15.3. The minimum atomic E-state index is -3.89. The predicted molar refractivity (Wildman–Crippen MR) is 212 cm³/mol. The number of nitrogens with zero attached hydrogens (tertiary/aromatic N) is 1. The molecule has 2 spiro atoms.